The van der Waals surface area contributed by atoms with Crippen LogP contribution in [-0.2, 0) is 14.3 Å². The van der Waals surface area contributed by atoms with Crippen LogP contribution in [0.15, 0.2) is 96.1 Å². The fraction of sp³-hybridized carbons (Fsp3) is 0.276. The maximum Gasteiger partial charge on any atom is 0.355 e. The average Bonchev–Trinajstić information content (AvgIpc) is 3.40. The molecule has 184 valence electrons. The van der Waals surface area contributed by atoms with Gasteiger partial charge in [-0.25, -0.2) is 4.79 Å². The normalized spacial score (nSPS) is 18.5. The Balaban J connectivity index is 1.23. The highest BCUT2D eigenvalue weighted by molar-refractivity contribution is 6.37. The van der Waals surface area contributed by atoms with Crippen LogP contribution in [0, 0.1) is 0 Å². The number of hydrazone groups is 1. The number of hydrogen-bond donors (Lipinski definition) is 0. The first-order valence-corrected chi connectivity index (χ1v) is 12.4. The van der Waals surface area contributed by atoms with E-state index in [1.54, 1.807) is 11.8 Å². The number of carbonyl (C=O) groups excluding carboxylic acids is 2. The lowest BCUT2D eigenvalue weighted by Gasteiger charge is -2.37. The molecule has 1 fully saturated rings. The molecule has 1 saturated heterocycles. The molecule has 2 aliphatic heterocycles. The number of carbonyl (C=O) groups is 2. The van der Waals surface area contributed by atoms with Crippen LogP contribution >= 0.6 is 0 Å². The minimum absolute atomic E-state index is 0.117. The van der Waals surface area contributed by atoms with E-state index in [0.717, 1.165) is 30.0 Å². The number of hydrogen-bond acceptors (Lipinski definition) is 6. The fourth-order valence-corrected chi connectivity index (χ4v) is 4.75. The van der Waals surface area contributed by atoms with Crippen LogP contribution in [0.1, 0.15) is 24.9 Å². The molecule has 3 aromatic carbocycles. The van der Waals surface area contributed by atoms with E-state index in [4.69, 9.17) is 4.74 Å². The van der Waals surface area contributed by atoms with Crippen molar-refractivity contribution in [3.05, 3.63) is 96.6 Å². The summed E-state index contributed by atoms with van der Waals surface area (Å²) in [5.41, 5.74) is 3.43. The molecule has 0 saturated carbocycles. The van der Waals surface area contributed by atoms with E-state index in [0.29, 0.717) is 25.2 Å². The predicted molar refractivity (Wildman–Crippen MR) is 141 cm³/mol. The summed E-state index contributed by atoms with van der Waals surface area (Å²) in [6.45, 7) is 4.31. The number of nitrogens with zero attached hydrogens (tertiary/aromatic N) is 4. The van der Waals surface area contributed by atoms with Gasteiger partial charge in [0.2, 0.25) is 0 Å². The zero-order valence-electron chi connectivity index (χ0n) is 20.4. The zero-order valence-corrected chi connectivity index (χ0v) is 20.4. The Morgan fingerprint density at radius 1 is 0.806 bits per heavy atom. The third kappa shape index (κ3) is 5.10. The van der Waals surface area contributed by atoms with Gasteiger partial charge in [0.15, 0.2) is 6.10 Å². The van der Waals surface area contributed by atoms with Crippen molar-refractivity contribution < 1.29 is 14.3 Å². The molecule has 2 unspecified atom stereocenters. The lowest BCUT2D eigenvalue weighted by molar-refractivity contribution is -0.154. The summed E-state index contributed by atoms with van der Waals surface area (Å²) in [5, 5.41) is 6.49. The molecule has 7 heteroatoms. The van der Waals surface area contributed by atoms with Gasteiger partial charge in [0.05, 0.1) is 11.7 Å². The molecule has 2 aliphatic rings. The van der Waals surface area contributed by atoms with Gasteiger partial charge in [-0.2, -0.15) is 5.10 Å². The Morgan fingerprint density at radius 3 is 1.97 bits per heavy atom. The highest BCUT2D eigenvalue weighted by atomic mass is 16.5. The van der Waals surface area contributed by atoms with Crippen LogP contribution < -0.4 is 9.91 Å². The fourth-order valence-electron chi connectivity index (χ4n) is 4.75. The lowest BCUT2D eigenvalue weighted by Crippen LogP contribution is -2.51. The number of amides is 1. The molecule has 0 spiro atoms. The minimum Gasteiger partial charge on any atom is -0.448 e. The number of rotatable bonds is 6. The van der Waals surface area contributed by atoms with E-state index in [1.165, 1.54) is 0 Å². The van der Waals surface area contributed by atoms with Crippen molar-refractivity contribution in [1.82, 2.24) is 4.90 Å². The van der Waals surface area contributed by atoms with Crippen molar-refractivity contribution in [2.75, 3.05) is 36.1 Å². The maximum absolute atomic E-state index is 13.1. The molecule has 36 heavy (non-hydrogen) atoms. The summed E-state index contributed by atoms with van der Waals surface area (Å²) in [7, 11) is 0. The molecule has 0 radical (unpaired) electrons. The van der Waals surface area contributed by atoms with E-state index >= 15 is 0 Å². The number of para-hydroxylation sites is 2. The monoisotopic (exact) mass is 482 g/mol. The second-order valence-electron chi connectivity index (χ2n) is 9.05. The van der Waals surface area contributed by atoms with Crippen molar-refractivity contribution in [2.45, 2.75) is 25.5 Å². The Morgan fingerprint density at radius 2 is 1.36 bits per heavy atom. The van der Waals surface area contributed by atoms with Crippen molar-refractivity contribution in [3.63, 3.8) is 0 Å². The van der Waals surface area contributed by atoms with Crippen LogP contribution in [0.4, 0.5) is 11.4 Å². The maximum atomic E-state index is 13.1. The molecule has 2 atom stereocenters. The van der Waals surface area contributed by atoms with Gasteiger partial charge in [0.1, 0.15) is 5.71 Å². The van der Waals surface area contributed by atoms with E-state index in [9.17, 15) is 9.59 Å². The molecule has 1 amide bonds. The van der Waals surface area contributed by atoms with E-state index in [1.807, 2.05) is 83.9 Å². The smallest absolute Gasteiger partial charge is 0.355 e. The van der Waals surface area contributed by atoms with Crippen molar-refractivity contribution in [3.8, 4) is 0 Å². The predicted octanol–water partition coefficient (Wildman–Crippen LogP) is 4.27. The van der Waals surface area contributed by atoms with E-state index < -0.39 is 12.1 Å². The first-order chi connectivity index (χ1) is 17.6. The SMILES string of the molecule is CC(OC(=O)C1=NN(c2ccccc2)C(c2ccccc2)C1)C(=O)N1CCN(c2ccccc2)CC1. The van der Waals surface area contributed by atoms with Gasteiger partial charge in [0, 0.05) is 38.3 Å². The number of esters is 1. The van der Waals surface area contributed by atoms with Crippen LogP contribution in [0.2, 0.25) is 0 Å². The highest BCUT2D eigenvalue weighted by Gasteiger charge is 2.35. The minimum atomic E-state index is -0.871. The molecule has 0 aliphatic carbocycles. The summed E-state index contributed by atoms with van der Waals surface area (Å²) in [6.07, 6.45) is -0.460. The number of piperazine rings is 1. The largest absolute Gasteiger partial charge is 0.448 e. The molecule has 7 nitrogen and oxygen atoms in total. The average molecular weight is 483 g/mol. The molecular weight excluding hydrogens is 452 g/mol. The summed E-state index contributed by atoms with van der Waals surface area (Å²) >= 11 is 0. The van der Waals surface area contributed by atoms with Crippen molar-refractivity contribution >= 4 is 29.0 Å². The van der Waals surface area contributed by atoms with Crippen LogP contribution in [0.3, 0.4) is 0 Å². The first-order valence-electron chi connectivity index (χ1n) is 12.4. The number of ether oxygens (including phenoxy) is 1. The van der Waals surface area contributed by atoms with Crippen molar-refractivity contribution in [2.24, 2.45) is 5.10 Å². The van der Waals surface area contributed by atoms with E-state index in [-0.39, 0.29) is 11.9 Å². The topological polar surface area (TPSA) is 65.5 Å². The summed E-state index contributed by atoms with van der Waals surface area (Å²) in [4.78, 5) is 30.2. The molecule has 0 aromatic heterocycles. The van der Waals surface area contributed by atoms with Crippen molar-refractivity contribution in [1.29, 1.82) is 0 Å². The Bertz CT molecular complexity index is 1210. The van der Waals surface area contributed by atoms with Gasteiger partial charge in [-0.1, -0.05) is 66.7 Å². The van der Waals surface area contributed by atoms with Gasteiger partial charge in [-0.05, 0) is 36.8 Å². The summed E-state index contributed by atoms with van der Waals surface area (Å²) in [6, 6.07) is 29.8. The number of benzene rings is 3. The third-order valence-corrected chi connectivity index (χ3v) is 6.70. The van der Waals surface area contributed by atoms with Crippen LogP contribution in [-0.4, -0.2) is 54.8 Å². The Labute approximate surface area is 211 Å². The molecule has 0 bridgehead atoms. The zero-order chi connectivity index (χ0) is 24.9. The third-order valence-electron chi connectivity index (χ3n) is 6.70. The molecule has 2 heterocycles. The second kappa shape index (κ2) is 10.6. The van der Waals surface area contributed by atoms with Gasteiger partial charge >= 0.3 is 5.97 Å². The highest BCUT2D eigenvalue weighted by Crippen LogP contribution is 2.35. The van der Waals surface area contributed by atoms with Gasteiger partial charge < -0.3 is 14.5 Å². The Kier molecular flexibility index (Phi) is 6.98. The molecule has 5 rings (SSSR count). The van der Waals surface area contributed by atoms with Crippen LogP contribution in [0.5, 0.6) is 0 Å². The summed E-state index contributed by atoms with van der Waals surface area (Å²) in [5.74, 6) is -0.715. The Hall–Kier alpha value is -4.13. The summed E-state index contributed by atoms with van der Waals surface area (Å²) < 4.78 is 5.63. The number of anilines is 2. The molecule has 3 aromatic rings. The van der Waals surface area contributed by atoms with Gasteiger partial charge in [-0.15, -0.1) is 0 Å². The van der Waals surface area contributed by atoms with Gasteiger partial charge in [0.25, 0.3) is 5.91 Å². The first kappa shape index (κ1) is 23.6. The quantitative estimate of drug-likeness (QED) is 0.491. The van der Waals surface area contributed by atoms with Gasteiger partial charge in [-0.3, -0.25) is 9.80 Å². The standard InChI is InChI=1S/C29H30N4O3/c1-22(28(34)32-19-17-31(18-20-32)24-13-7-3-8-14-24)36-29(35)26-21-27(23-11-5-2-6-12-23)33(30-26)25-15-9-4-10-16-25/h2-16,22,27H,17-21H2,1H3. The lowest BCUT2D eigenvalue weighted by atomic mass is 10.0. The van der Waals surface area contributed by atoms with E-state index in [2.05, 4.69) is 22.1 Å². The van der Waals surface area contributed by atoms with Crippen LogP contribution in [0.25, 0.3) is 0 Å². The molecule has 0 N–H and O–H groups in total. The molecular formula is C29H30N4O3. The second-order valence-corrected chi connectivity index (χ2v) is 9.05.